The Kier molecular flexibility index (Phi) is 2.91. The SMILES string of the molecule is CC(C)(C)Oc1ccccc1C([NH3+])=O. The average molecular weight is 194 g/mol. The van der Waals surface area contributed by atoms with Gasteiger partial charge in [-0.3, -0.25) is 5.73 Å². The maximum absolute atomic E-state index is 11.2. The van der Waals surface area contributed by atoms with Crippen molar-refractivity contribution >= 4 is 5.91 Å². The molecule has 0 heterocycles. The summed E-state index contributed by atoms with van der Waals surface area (Å²) in [6.45, 7) is 5.83. The van der Waals surface area contributed by atoms with Crippen molar-refractivity contribution in [1.82, 2.24) is 0 Å². The maximum Gasteiger partial charge on any atom is 0.344 e. The van der Waals surface area contributed by atoms with E-state index in [2.05, 4.69) is 5.73 Å². The Hall–Kier alpha value is -1.35. The fraction of sp³-hybridized carbons (Fsp3) is 0.364. The molecule has 0 saturated carbocycles. The zero-order valence-corrected chi connectivity index (χ0v) is 8.83. The summed E-state index contributed by atoms with van der Waals surface area (Å²) in [6, 6.07) is 7.14. The van der Waals surface area contributed by atoms with Crippen LogP contribution in [0.4, 0.5) is 0 Å². The summed E-state index contributed by atoms with van der Waals surface area (Å²) >= 11 is 0. The summed E-state index contributed by atoms with van der Waals surface area (Å²) in [6.07, 6.45) is 0. The molecule has 0 saturated heterocycles. The van der Waals surface area contributed by atoms with Crippen molar-refractivity contribution < 1.29 is 15.3 Å². The lowest BCUT2D eigenvalue weighted by Crippen LogP contribution is -2.56. The monoisotopic (exact) mass is 194 g/mol. The molecule has 1 amide bonds. The lowest BCUT2D eigenvalue weighted by Gasteiger charge is -2.21. The number of quaternary nitrogens is 1. The molecule has 0 aliphatic carbocycles. The molecular formula is C11H16NO2+. The van der Waals surface area contributed by atoms with Crippen molar-refractivity contribution in [2.75, 3.05) is 0 Å². The van der Waals surface area contributed by atoms with Crippen LogP contribution >= 0.6 is 0 Å². The number of benzene rings is 1. The Bertz CT molecular complexity index is 339. The first kappa shape index (κ1) is 10.7. The molecule has 1 rings (SSSR count). The minimum Gasteiger partial charge on any atom is -0.487 e. The molecular weight excluding hydrogens is 178 g/mol. The highest BCUT2D eigenvalue weighted by atomic mass is 16.5. The van der Waals surface area contributed by atoms with Gasteiger partial charge in [0.2, 0.25) is 0 Å². The summed E-state index contributed by atoms with van der Waals surface area (Å²) in [4.78, 5) is 11.2. The van der Waals surface area contributed by atoms with E-state index in [1.165, 1.54) is 0 Å². The van der Waals surface area contributed by atoms with Crippen LogP contribution < -0.4 is 10.5 Å². The van der Waals surface area contributed by atoms with E-state index in [1.54, 1.807) is 18.2 Å². The van der Waals surface area contributed by atoms with Gasteiger partial charge in [0, 0.05) is 0 Å². The van der Waals surface area contributed by atoms with Crippen LogP contribution in [0, 0.1) is 0 Å². The first-order chi connectivity index (χ1) is 6.40. The van der Waals surface area contributed by atoms with Crippen molar-refractivity contribution in [2.45, 2.75) is 26.4 Å². The Labute approximate surface area is 83.9 Å². The van der Waals surface area contributed by atoms with Crippen molar-refractivity contribution in [3.63, 3.8) is 0 Å². The smallest absolute Gasteiger partial charge is 0.344 e. The van der Waals surface area contributed by atoms with E-state index in [4.69, 9.17) is 4.74 Å². The third-order valence-electron chi connectivity index (χ3n) is 1.60. The molecule has 76 valence electrons. The largest absolute Gasteiger partial charge is 0.487 e. The highest BCUT2D eigenvalue weighted by Gasteiger charge is 2.17. The molecule has 3 N–H and O–H groups in total. The van der Waals surface area contributed by atoms with Gasteiger partial charge in [0.1, 0.15) is 16.9 Å². The third-order valence-corrected chi connectivity index (χ3v) is 1.60. The topological polar surface area (TPSA) is 53.9 Å². The maximum atomic E-state index is 11.2. The van der Waals surface area contributed by atoms with E-state index in [-0.39, 0.29) is 11.5 Å². The summed E-state index contributed by atoms with van der Waals surface area (Å²) < 4.78 is 5.63. The van der Waals surface area contributed by atoms with E-state index in [0.29, 0.717) is 11.3 Å². The van der Waals surface area contributed by atoms with Crippen LogP contribution in [-0.4, -0.2) is 11.5 Å². The molecule has 0 aromatic heterocycles. The van der Waals surface area contributed by atoms with Crippen molar-refractivity contribution in [3.8, 4) is 5.75 Å². The van der Waals surface area contributed by atoms with Crippen LogP contribution in [0.5, 0.6) is 5.75 Å². The molecule has 1 aromatic rings. The quantitative estimate of drug-likeness (QED) is 0.770. The second-order valence-corrected chi connectivity index (χ2v) is 4.13. The van der Waals surface area contributed by atoms with Crippen LogP contribution in [0.25, 0.3) is 0 Å². The van der Waals surface area contributed by atoms with Gasteiger partial charge in [-0.1, -0.05) is 12.1 Å². The average Bonchev–Trinajstić information content (AvgIpc) is 2.01. The lowest BCUT2D eigenvalue weighted by molar-refractivity contribution is -0.255. The number of para-hydroxylation sites is 1. The van der Waals surface area contributed by atoms with E-state index < -0.39 is 0 Å². The standard InChI is InChI=1S/C11H15NO2/c1-11(2,3)14-9-7-5-4-6-8(9)10(12)13/h4-7H,1-3H3,(H2,12,13)/p+1. The van der Waals surface area contributed by atoms with E-state index in [0.717, 1.165) is 0 Å². The molecule has 14 heavy (non-hydrogen) atoms. The molecule has 3 nitrogen and oxygen atoms in total. The van der Waals surface area contributed by atoms with Gasteiger partial charge in [-0.05, 0) is 32.9 Å². The molecule has 3 heteroatoms. The van der Waals surface area contributed by atoms with Gasteiger partial charge in [0.15, 0.2) is 0 Å². The van der Waals surface area contributed by atoms with Gasteiger partial charge < -0.3 is 4.74 Å². The summed E-state index contributed by atoms with van der Waals surface area (Å²) in [5, 5.41) is 0. The van der Waals surface area contributed by atoms with Gasteiger partial charge >= 0.3 is 5.91 Å². The van der Waals surface area contributed by atoms with Gasteiger partial charge in [0.05, 0.1) is 0 Å². The number of carbonyl (C=O) groups is 1. The molecule has 0 spiro atoms. The normalized spacial score (nSPS) is 11.1. The van der Waals surface area contributed by atoms with Crippen LogP contribution in [-0.2, 0) is 0 Å². The lowest BCUT2D eigenvalue weighted by atomic mass is 10.1. The molecule has 0 fully saturated rings. The Balaban J connectivity index is 3.02. The molecule has 0 bridgehead atoms. The predicted molar refractivity (Wildman–Crippen MR) is 54.0 cm³/mol. The Morgan fingerprint density at radius 3 is 2.36 bits per heavy atom. The molecule has 0 atom stereocenters. The number of rotatable bonds is 2. The van der Waals surface area contributed by atoms with Crippen molar-refractivity contribution in [3.05, 3.63) is 29.8 Å². The molecule has 1 aromatic carbocycles. The summed E-state index contributed by atoms with van der Waals surface area (Å²) in [5.74, 6) is 0.379. The zero-order chi connectivity index (χ0) is 10.8. The number of hydrogen-bond acceptors (Lipinski definition) is 2. The highest BCUT2D eigenvalue weighted by Crippen LogP contribution is 2.21. The number of amides is 1. The van der Waals surface area contributed by atoms with Crippen LogP contribution in [0.2, 0.25) is 0 Å². The second kappa shape index (κ2) is 3.80. The summed E-state index contributed by atoms with van der Waals surface area (Å²) in [5.41, 5.74) is 3.61. The van der Waals surface area contributed by atoms with E-state index >= 15 is 0 Å². The highest BCUT2D eigenvalue weighted by molar-refractivity contribution is 5.89. The van der Waals surface area contributed by atoms with Gasteiger partial charge in [-0.25, -0.2) is 4.79 Å². The van der Waals surface area contributed by atoms with E-state index in [9.17, 15) is 4.79 Å². The number of carbonyl (C=O) groups excluding carboxylic acids is 1. The summed E-state index contributed by atoms with van der Waals surface area (Å²) in [7, 11) is 0. The van der Waals surface area contributed by atoms with Crippen molar-refractivity contribution in [2.24, 2.45) is 0 Å². The molecule has 0 unspecified atom stereocenters. The third kappa shape index (κ3) is 2.85. The first-order valence-corrected chi connectivity index (χ1v) is 4.54. The minimum atomic E-state index is -0.300. The van der Waals surface area contributed by atoms with E-state index in [1.807, 2.05) is 26.8 Å². The predicted octanol–water partition coefficient (Wildman–Crippen LogP) is 1.25. The van der Waals surface area contributed by atoms with Gasteiger partial charge in [-0.15, -0.1) is 0 Å². The van der Waals surface area contributed by atoms with Gasteiger partial charge in [-0.2, -0.15) is 0 Å². The molecule has 0 aliphatic heterocycles. The number of ether oxygens (including phenoxy) is 1. The second-order valence-electron chi connectivity index (χ2n) is 4.13. The van der Waals surface area contributed by atoms with Crippen LogP contribution in [0.15, 0.2) is 24.3 Å². The van der Waals surface area contributed by atoms with Crippen LogP contribution in [0.1, 0.15) is 31.1 Å². The Morgan fingerprint density at radius 1 is 1.29 bits per heavy atom. The minimum absolute atomic E-state index is 0.218. The fourth-order valence-electron chi connectivity index (χ4n) is 1.12. The Morgan fingerprint density at radius 2 is 1.86 bits per heavy atom. The molecule has 0 radical (unpaired) electrons. The first-order valence-electron chi connectivity index (χ1n) is 4.54. The van der Waals surface area contributed by atoms with Gasteiger partial charge in [0.25, 0.3) is 0 Å². The fourth-order valence-corrected chi connectivity index (χ4v) is 1.12. The number of hydrogen-bond donors (Lipinski definition) is 1. The molecule has 0 aliphatic rings. The van der Waals surface area contributed by atoms with Crippen molar-refractivity contribution in [1.29, 1.82) is 0 Å². The zero-order valence-electron chi connectivity index (χ0n) is 8.83. The van der Waals surface area contributed by atoms with Crippen LogP contribution in [0.3, 0.4) is 0 Å².